The average Bonchev–Trinajstić information content (AvgIpc) is 3.13. The molecule has 7 heteroatoms. The molecule has 130 valence electrons. The van der Waals surface area contributed by atoms with E-state index < -0.39 is 17.4 Å². The predicted octanol–water partition coefficient (Wildman–Crippen LogP) is 1.15. The molecule has 1 N–H and O–H groups in total. The van der Waals surface area contributed by atoms with Gasteiger partial charge in [-0.25, -0.2) is 14.8 Å². The summed E-state index contributed by atoms with van der Waals surface area (Å²) in [6.07, 6.45) is 5.11. The highest BCUT2D eigenvalue weighted by Crippen LogP contribution is 2.21. The predicted molar refractivity (Wildman–Crippen MR) is 88.8 cm³/mol. The number of amides is 1. The van der Waals surface area contributed by atoms with Crippen molar-refractivity contribution in [1.29, 1.82) is 0 Å². The van der Waals surface area contributed by atoms with Crippen molar-refractivity contribution in [3.63, 3.8) is 0 Å². The fourth-order valence-electron chi connectivity index (χ4n) is 2.63. The van der Waals surface area contributed by atoms with E-state index in [-0.39, 0.29) is 18.8 Å². The smallest absolute Gasteiger partial charge is 0.334 e. The molecule has 1 aromatic heterocycles. The molecule has 3 rings (SSSR count). The second-order valence-corrected chi connectivity index (χ2v) is 5.84. The SMILES string of the molecule is O=C(NC1(C(=O)OCCc2ccccc2)CCOC1)c1cncnc1. The highest BCUT2D eigenvalue weighted by molar-refractivity contribution is 5.97. The van der Waals surface area contributed by atoms with Gasteiger partial charge in [0.05, 0.1) is 18.8 Å². The fraction of sp³-hybridized carbons (Fsp3) is 0.333. The zero-order valence-corrected chi connectivity index (χ0v) is 13.7. The third-order valence-electron chi connectivity index (χ3n) is 4.05. The molecule has 0 radical (unpaired) electrons. The van der Waals surface area contributed by atoms with Crippen LogP contribution >= 0.6 is 0 Å². The molecule has 0 saturated carbocycles. The number of nitrogens with one attached hydrogen (secondary N) is 1. The van der Waals surface area contributed by atoms with Gasteiger partial charge in [0.15, 0.2) is 5.54 Å². The summed E-state index contributed by atoms with van der Waals surface area (Å²) in [6.45, 7) is 0.727. The maximum atomic E-state index is 12.6. The van der Waals surface area contributed by atoms with Crippen molar-refractivity contribution in [3.8, 4) is 0 Å². The van der Waals surface area contributed by atoms with E-state index in [9.17, 15) is 9.59 Å². The zero-order chi connectivity index (χ0) is 17.5. The van der Waals surface area contributed by atoms with E-state index in [1.807, 2.05) is 30.3 Å². The number of esters is 1. The van der Waals surface area contributed by atoms with Crippen molar-refractivity contribution in [2.75, 3.05) is 19.8 Å². The minimum absolute atomic E-state index is 0.0939. The third-order valence-corrected chi connectivity index (χ3v) is 4.05. The van der Waals surface area contributed by atoms with Crippen LogP contribution in [0.3, 0.4) is 0 Å². The zero-order valence-electron chi connectivity index (χ0n) is 13.7. The number of carbonyl (C=O) groups excluding carboxylic acids is 2. The van der Waals surface area contributed by atoms with E-state index in [0.717, 1.165) is 5.56 Å². The lowest BCUT2D eigenvalue weighted by atomic mass is 9.98. The van der Waals surface area contributed by atoms with Crippen LogP contribution < -0.4 is 5.32 Å². The summed E-state index contributed by atoms with van der Waals surface area (Å²) in [5.41, 5.74) is 0.201. The first-order chi connectivity index (χ1) is 12.2. The minimum Gasteiger partial charge on any atom is -0.464 e. The summed E-state index contributed by atoms with van der Waals surface area (Å²) >= 11 is 0. The summed E-state index contributed by atoms with van der Waals surface area (Å²) in [5.74, 6) is -0.905. The molecule has 25 heavy (non-hydrogen) atoms. The Morgan fingerprint density at radius 1 is 1.20 bits per heavy atom. The van der Waals surface area contributed by atoms with Gasteiger partial charge in [-0.3, -0.25) is 4.79 Å². The maximum absolute atomic E-state index is 12.6. The molecule has 1 atom stereocenters. The Hall–Kier alpha value is -2.80. The van der Waals surface area contributed by atoms with Gasteiger partial charge in [0.2, 0.25) is 0 Å². The van der Waals surface area contributed by atoms with Crippen LogP contribution in [0.5, 0.6) is 0 Å². The van der Waals surface area contributed by atoms with Gasteiger partial charge in [-0.05, 0) is 5.56 Å². The number of rotatable bonds is 6. The summed E-state index contributed by atoms with van der Waals surface area (Å²) in [6, 6.07) is 9.75. The lowest BCUT2D eigenvalue weighted by molar-refractivity contribution is -0.151. The van der Waals surface area contributed by atoms with E-state index in [2.05, 4.69) is 15.3 Å². The number of nitrogens with zero attached hydrogens (tertiary/aromatic N) is 2. The quantitative estimate of drug-likeness (QED) is 0.793. The van der Waals surface area contributed by atoms with Crippen LogP contribution in [0.4, 0.5) is 0 Å². The molecule has 1 aliphatic rings. The maximum Gasteiger partial charge on any atom is 0.334 e. The summed E-state index contributed by atoms with van der Waals surface area (Å²) < 4.78 is 10.7. The van der Waals surface area contributed by atoms with E-state index in [4.69, 9.17) is 9.47 Å². The Labute approximate surface area is 145 Å². The second kappa shape index (κ2) is 7.85. The van der Waals surface area contributed by atoms with Crippen LogP contribution in [0.1, 0.15) is 22.3 Å². The summed E-state index contributed by atoms with van der Waals surface area (Å²) in [7, 11) is 0. The molecular formula is C18H19N3O4. The van der Waals surface area contributed by atoms with Crippen molar-refractivity contribution < 1.29 is 19.1 Å². The topological polar surface area (TPSA) is 90.4 Å². The molecule has 1 aliphatic heterocycles. The highest BCUT2D eigenvalue weighted by Gasteiger charge is 2.45. The van der Waals surface area contributed by atoms with Crippen LogP contribution in [-0.2, 0) is 20.7 Å². The molecule has 1 saturated heterocycles. The number of hydrogen-bond acceptors (Lipinski definition) is 6. The Bertz CT molecular complexity index is 716. The first kappa shape index (κ1) is 17.0. The van der Waals surface area contributed by atoms with E-state index in [1.165, 1.54) is 18.7 Å². The highest BCUT2D eigenvalue weighted by atomic mass is 16.5. The standard InChI is InChI=1S/C18H19N3O4/c22-16(15-10-19-13-20-11-15)21-18(7-9-24-12-18)17(23)25-8-6-14-4-2-1-3-5-14/h1-5,10-11,13H,6-9,12H2,(H,21,22). The number of benzene rings is 1. The molecule has 1 unspecified atom stereocenters. The Morgan fingerprint density at radius 3 is 2.64 bits per heavy atom. The largest absolute Gasteiger partial charge is 0.464 e. The van der Waals surface area contributed by atoms with Crippen molar-refractivity contribution in [2.24, 2.45) is 0 Å². The van der Waals surface area contributed by atoms with Gasteiger partial charge in [0.1, 0.15) is 6.33 Å². The molecule has 1 amide bonds. The molecule has 0 bridgehead atoms. The number of carbonyl (C=O) groups is 2. The van der Waals surface area contributed by atoms with Crippen LogP contribution in [0.15, 0.2) is 49.1 Å². The molecule has 7 nitrogen and oxygen atoms in total. The van der Waals surface area contributed by atoms with Crippen LogP contribution in [0.25, 0.3) is 0 Å². The van der Waals surface area contributed by atoms with Crippen molar-refractivity contribution in [2.45, 2.75) is 18.4 Å². The van der Waals surface area contributed by atoms with Crippen LogP contribution in [0.2, 0.25) is 0 Å². The Kier molecular flexibility index (Phi) is 5.35. The normalized spacial score (nSPS) is 19.4. The van der Waals surface area contributed by atoms with E-state index >= 15 is 0 Å². The molecule has 2 aromatic rings. The van der Waals surface area contributed by atoms with Crippen molar-refractivity contribution in [1.82, 2.24) is 15.3 Å². The van der Waals surface area contributed by atoms with Gasteiger partial charge < -0.3 is 14.8 Å². The molecule has 0 spiro atoms. The molecule has 0 aliphatic carbocycles. The summed E-state index contributed by atoms with van der Waals surface area (Å²) in [4.78, 5) is 32.6. The Balaban J connectivity index is 1.61. The first-order valence-corrected chi connectivity index (χ1v) is 8.06. The van der Waals surface area contributed by atoms with Crippen LogP contribution in [0, 0.1) is 0 Å². The van der Waals surface area contributed by atoms with Gasteiger partial charge >= 0.3 is 5.97 Å². The number of hydrogen-bond donors (Lipinski definition) is 1. The Morgan fingerprint density at radius 2 is 1.96 bits per heavy atom. The van der Waals surface area contributed by atoms with E-state index in [0.29, 0.717) is 19.4 Å². The van der Waals surface area contributed by atoms with Gasteiger partial charge in [0, 0.05) is 31.8 Å². The molecule has 2 heterocycles. The van der Waals surface area contributed by atoms with Gasteiger partial charge in [-0.2, -0.15) is 0 Å². The lowest BCUT2D eigenvalue weighted by Crippen LogP contribution is -2.56. The molecular weight excluding hydrogens is 322 g/mol. The molecule has 1 fully saturated rings. The third kappa shape index (κ3) is 4.19. The van der Waals surface area contributed by atoms with E-state index in [1.54, 1.807) is 0 Å². The van der Waals surface area contributed by atoms with Crippen LogP contribution in [-0.4, -0.2) is 47.2 Å². The van der Waals surface area contributed by atoms with Gasteiger partial charge in [0.25, 0.3) is 5.91 Å². The van der Waals surface area contributed by atoms with Crippen molar-refractivity contribution >= 4 is 11.9 Å². The second-order valence-electron chi connectivity index (χ2n) is 5.84. The fourth-order valence-corrected chi connectivity index (χ4v) is 2.63. The van der Waals surface area contributed by atoms with Crippen molar-refractivity contribution in [3.05, 3.63) is 60.2 Å². The van der Waals surface area contributed by atoms with Gasteiger partial charge in [-0.15, -0.1) is 0 Å². The first-order valence-electron chi connectivity index (χ1n) is 8.06. The molecule has 1 aromatic carbocycles. The monoisotopic (exact) mass is 341 g/mol. The van der Waals surface area contributed by atoms with Gasteiger partial charge in [-0.1, -0.05) is 30.3 Å². The summed E-state index contributed by atoms with van der Waals surface area (Å²) in [5, 5.41) is 2.74. The number of aromatic nitrogens is 2. The average molecular weight is 341 g/mol. The lowest BCUT2D eigenvalue weighted by Gasteiger charge is -2.26. The number of ether oxygens (including phenoxy) is 2. The minimum atomic E-state index is -1.16.